The fraction of sp³-hybridized carbons (Fsp3) is 0.625. The minimum Gasteiger partial charge on any atom is -0.306 e. The van der Waals surface area contributed by atoms with E-state index in [9.17, 15) is 0 Å². The summed E-state index contributed by atoms with van der Waals surface area (Å²) >= 11 is 12.2. The van der Waals surface area contributed by atoms with Gasteiger partial charge in [-0.15, -0.1) is 0 Å². The highest BCUT2D eigenvalue weighted by molar-refractivity contribution is 6.42. The summed E-state index contributed by atoms with van der Waals surface area (Å²) in [4.78, 5) is 2.34. The van der Waals surface area contributed by atoms with Crippen LogP contribution in [0.4, 0.5) is 0 Å². The molecule has 3 heteroatoms. The molecule has 0 aliphatic heterocycles. The Balaban J connectivity index is 2.24. The zero-order valence-electron chi connectivity index (χ0n) is 12.0. The molecule has 0 N–H and O–H groups in total. The first-order valence-electron chi connectivity index (χ1n) is 7.10. The highest BCUT2D eigenvalue weighted by Crippen LogP contribution is 2.48. The summed E-state index contributed by atoms with van der Waals surface area (Å²) in [6.45, 7) is 2.27. The summed E-state index contributed by atoms with van der Waals surface area (Å²) in [5, 5.41) is 1.34. The Labute approximate surface area is 126 Å². The Bertz CT molecular complexity index is 438. The number of nitrogens with zero attached hydrogens (tertiary/aromatic N) is 1. The third kappa shape index (κ3) is 3.09. The highest BCUT2D eigenvalue weighted by Gasteiger charge is 2.40. The van der Waals surface area contributed by atoms with Crippen LogP contribution >= 0.6 is 23.2 Å². The summed E-state index contributed by atoms with van der Waals surface area (Å²) in [6.07, 6.45) is 6.28. The summed E-state index contributed by atoms with van der Waals surface area (Å²) in [5.41, 5.74) is 1.69. The van der Waals surface area contributed by atoms with E-state index in [0.717, 1.165) is 0 Å². The van der Waals surface area contributed by atoms with Gasteiger partial charge in [0.25, 0.3) is 0 Å². The Morgan fingerprint density at radius 3 is 2.32 bits per heavy atom. The van der Waals surface area contributed by atoms with Crippen LogP contribution in [0.25, 0.3) is 0 Å². The quantitative estimate of drug-likeness (QED) is 0.727. The zero-order chi connectivity index (χ0) is 14.0. The maximum absolute atomic E-state index is 6.19. The minimum atomic E-state index is 0.319. The molecule has 1 fully saturated rings. The number of halogens is 2. The van der Waals surface area contributed by atoms with Crippen molar-refractivity contribution in [1.29, 1.82) is 0 Å². The van der Waals surface area contributed by atoms with Crippen LogP contribution in [0.1, 0.15) is 44.6 Å². The van der Waals surface area contributed by atoms with E-state index in [2.05, 4.69) is 38.1 Å². The van der Waals surface area contributed by atoms with Gasteiger partial charge in [-0.25, -0.2) is 0 Å². The lowest BCUT2D eigenvalue weighted by Gasteiger charge is -2.46. The van der Waals surface area contributed by atoms with Crippen LogP contribution in [-0.4, -0.2) is 25.0 Å². The number of benzene rings is 1. The third-order valence-electron chi connectivity index (χ3n) is 4.67. The predicted octanol–water partition coefficient (Wildman–Crippen LogP) is 5.15. The van der Waals surface area contributed by atoms with Crippen molar-refractivity contribution in [2.24, 2.45) is 0 Å². The first-order chi connectivity index (χ1) is 8.98. The minimum absolute atomic E-state index is 0.319. The second kappa shape index (κ2) is 6.03. The molecule has 1 aliphatic rings. The average Bonchev–Trinajstić information content (AvgIpc) is 2.32. The summed E-state index contributed by atoms with van der Waals surface area (Å²) in [5.74, 6) is 0. The van der Waals surface area contributed by atoms with Gasteiger partial charge in [0.2, 0.25) is 0 Å². The molecule has 0 heterocycles. The molecule has 1 aromatic rings. The van der Waals surface area contributed by atoms with E-state index in [1.807, 2.05) is 6.07 Å². The maximum atomic E-state index is 6.19. The van der Waals surface area contributed by atoms with Gasteiger partial charge >= 0.3 is 0 Å². The molecule has 1 unspecified atom stereocenters. The van der Waals surface area contributed by atoms with E-state index in [0.29, 0.717) is 21.5 Å². The van der Waals surface area contributed by atoms with Gasteiger partial charge in [-0.2, -0.15) is 0 Å². The van der Waals surface area contributed by atoms with E-state index in [-0.39, 0.29) is 0 Å². The first kappa shape index (κ1) is 15.2. The standard InChI is InChI=1S/C16H23Cl2N/c1-4-13(19(2)3)11-16(8-5-9-16)12-6-7-14(17)15(18)10-12/h6-7,10,13H,4-5,8-9,11H2,1-3H3. The normalized spacial score (nSPS) is 19.3. The Hall–Kier alpha value is -0.240. The van der Waals surface area contributed by atoms with Crippen molar-refractivity contribution in [3.05, 3.63) is 33.8 Å². The van der Waals surface area contributed by atoms with Gasteiger partial charge in [0.05, 0.1) is 10.0 Å². The Kier molecular flexibility index (Phi) is 4.81. The fourth-order valence-corrected chi connectivity index (χ4v) is 3.48. The van der Waals surface area contributed by atoms with Crippen molar-refractivity contribution in [2.75, 3.05) is 14.1 Å². The molecule has 0 amide bonds. The molecule has 1 aliphatic carbocycles. The van der Waals surface area contributed by atoms with Crippen LogP contribution in [0, 0.1) is 0 Å². The molecule has 0 aromatic heterocycles. The monoisotopic (exact) mass is 299 g/mol. The lowest BCUT2D eigenvalue weighted by molar-refractivity contribution is 0.151. The molecule has 0 bridgehead atoms. The summed E-state index contributed by atoms with van der Waals surface area (Å²) in [7, 11) is 4.35. The van der Waals surface area contributed by atoms with Gasteiger partial charge in [0.15, 0.2) is 0 Å². The largest absolute Gasteiger partial charge is 0.306 e. The molecule has 1 atom stereocenters. The van der Waals surface area contributed by atoms with Crippen LogP contribution in [0.15, 0.2) is 18.2 Å². The van der Waals surface area contributed by atoms with Gasteiger partial charge < -0.3 is 4.90 Å². The molecule has 19 heavy (non-hydrogen) atoms. The number of rotatable bonds is 5. The molecule has 1 aromatic carbocycles. The topological polar surface area (TPSA) is 3.24 Å². The van der Waals surface area contributed by atoms with Crippen LogP contribution in [-0.2, 0) is 5.41 Å². The number of hydrogen-bond acceptors (Lipinski definition) is 1. The smallest absolute Gasteiger partial charge is 0.0595 e. The molecule has 0 saturated heterocycles. The lowest BCUT2D eigenvalue weighted by atomic mass is 9.61. The van der Waals surface area contributed by atoms with Crippen molar-refractivity contribution in [1.82, 2.24) is 4.90 Å². The van der Waals surface area contributed by atoms with Crippen LogP contribution in [0.3, 0.4) is 0 Å². The average molecular weight is 300 g/mol. The van der Waals surface area contributed by atoms with E-state index in [1.54, 1.807) is 0 Å². The fourth-order valence-electron chi connectivity index (χ4n) is 3.18. The molecule has 1 nitrogen and oxygen atoms in total. The van der Waals surface area contributed by atoms with Crippen LogP contribution in [0.2, 0.25) is 10.0 Å². The van der Waals surface area contributed by atoms with E-state index in [4.69, 9.17) is 23.2 Å². The van der Waals surface area contributed by atoms with Crippen molar-refractivity contribution >= 4 is 23.2 Å². The Morgan fingerprint density at radius 2 is 1.89 bits per heavy atom. The SMILES string of the molecule is CCC(CC1(c2ccc(Cl)c(Cl)c2)CCC1)N(C)C. The molecular weight excluding hydrogens is 277 g/mol. The first-order valence-corrected chi connectivity index (χ1v) is 7.86. The van der Waals surface area contributed by atoms with Crippen LogP contribution in [0.5, 0.6) is 0 Å². The molecular formula is C16H23Cl2N. The zero-order valence-corrected chi connectivity index (χ0v) is 13.6. The molecule has 106 valence electrons. The van der Waals surface area contributed by atoms with Crippen molar-refractivity contribution in [3.63, 3.8) is 0 Å². The van der Waals surface area contributed by atoms with Gasteiger partial charge in [-0.1, -0.05) is 42.6 Å². The molecule has 1 saturated carbocycles. The Morgan fingerprint density at radius 1 is 1.21 bits per heavy atom. The van der Waals surface area contributed by atoms with Crippen LogP contribution < -0.4 is 0 Å². The van der Waals surface area contributed by atoms with E-state index < -0.39 is 0 Å². The van der Waals surface area contributed by atoms with E-state index in [1.165, 1.54) is 37.7 Å². The lowest BCUT2D eigenvalue weighted by Crippen LogP contribution is -2.41. The summed E-state index contributed by atoms with van der Waals surface area (Å²) in [6, 6.07) is 6.81. The van der Waals surface area contributed by atoms with Gasteiger partial charge in [0.1, 0.15) is 0 Å². The van der Waals surface area contributed by atoms with Gasteiger partial charge in [-0.05, 0) is 62.9 Å². The number of hydrogen-bond donors (Lipinski definition) is 0. The van der Waals surface area contributed by atoms with Crippen molar-refractivity contribution in [2.45, 2.75) is 50.5 Å². The molecule has 0 spiro atoms. The van der Waals surface area contributed by atoms with Gasteiger partial charge in [0, 0.05) is 6.04 Å². The third-order valence-corrected chi connectivity index (χ3v) is 5.41. The van der Waals surface area contributed by atoms with Gasteiger partial charge in [-0.3, -0.25) is 0 Å². The highest BCUT2D eigenvalue weighted by atomic mass is 35.5. The molecule has 0 radical (unpaired) electrons. The van der Waals surface area contributed by atoms with E-state index >= 15 is 0 Å². The summed E-state index contributed by atoms with van der Waals surface area (Å²) < 4.78 is 0. The molecule has 2 rings (SSSR count). The van der Waals surface area contributed by atoms with Crippen molar-refractivity contribution < 1.29 is 0 Å². The van der Waals surface area contributed by atoms with Crippen molar-refractivity contribution in [3.8, 4) is 0 Å². The second-order valence-corrected chi connectivity index (χ2v) is 6.81. The maximum Gasteiger partial charge on any atom is 0.0595 e. The second-order valence-electron chi connectivity index (χ2n) is 5.99. The predicted molar refractivity (Wildman–Crippen MR) is 84.4 cm³/mol.